The maximum atomic E-state index is 12.6. The van der Waals surface area contributed by atoms with Gasteiger partial charge in [0.1, 0.15) is 5.75 Å². The summed E-state index contributed by atoms with van der Waals surface area (Å²) >= 11 is 1.19. The number of aromatic nitrogens is 4. The molecule has 8 nitrogen and oxygen atoms in total. The number of benzene rings is 1. The summed E-state index contributed by atoms with van der Waals surface area (Å²) in [5.74, 6) is 7.32. The lowest BCUT2D eigenvalue weighted by Crippen LogP contribution is -2.13. The van der Waals surface area contributed by atoms with Crippen LogP contribution in [0.2, 0.25) is 0 Å². The Labute approximate surface area is 172 Å². The van der Waals surface area contributed by atoms with Crippen molar-refractivity contribution in [3.63, 3.8) is 0 Å². The minimum atomic E-state index is -0.131. The first-order chi connectivity index (χ1) is 13.8. The highest BCUT2D eigenvalue weighted by Gasteiger charge is 2.21. The lowest BCUT2D eigenvalue weighted by atomic mass is 10.1. The average molecular weight is 414 g/mol. The molecule has 9 heteroatoms. The number of ketones is 2. The van der Waals surface area contributed by atoms with E-state index in [1.165, 1.54) is 23.4 Å². The number of hydrogen-bond acceptors (Lipinski definition) is 7. The molecule has 0 saturated heterocycles. The molecule has 0 amide bonds. The van der Waals surface area contributed by atoms with Crippen molar-refractivity contribution in [3.05, 3.63) is 46.8 Å². The van der Waals surface area contributed by atoms with Crippen LogP contribution in [0, 0.1) is 13.8 Å². The molecule has 0 aliphatic rings. The van der Waals surface area contributed by atoms with Crippen molar-refractivity contribution >= 4 is 23.3 Å². The van der Waals surface area contributed by atoms with Crippen molar-refractivity contribution in [1.29, 1.82) is 0 Å². The monoisotopic (exact) mass is 413 g/mol. The molecule has 0 radical (unpaired) electrons. The minimum absolute atomic E-state index is 0.0651. The van der Waals surface area contributed by atoms with Crippen molar-refractivity contribution < 1.29 is 14.3 Å². The number of nitrogen functional groups attached to an aromatic ring is 1. The number of nitrogens with zero attached hydrogens (tertiary/aromatic N) is 3. The summed E-state index contributed by atoms with van der Waals surface area (Å²) in [6.07, 6.45) is 0. The molecule has 0 aliphatic carbocycles. The second-order valence-electron chi connectivity index (χ2n) is 6.53. The normalized spacial score (nSPS) is 10.9. The Morgan fingerprint density at radius 3 is 2.48 bits per heavy atom. The van der Waals surface area contributed by atoms with Crippen LogP contribution in [0.1, 0.15) is 46.0 Å². The van der Waals surface area contributed by atoms with Crippen LogP contribution < -0.4 is 10.6 Å². The Balaban J connectivity index is 1.73. The molecular formula is C20H23N5O3S. The number of Topliss-reactive ketones (excluding diaryl/α,β-unsaturated/α-hetero) is 2. The van der Waals surface area contributed by atoms with Gasteiger partial charge in [-0.2, -0.15) is 0 Å². The zero-order chi connectivity index (χ0) is 21.1. The van der Waals surface area contributed by atoms with Gasteiger partial charge in [0, 0.05) is 16.8 Å². The smallest absolute Gasteiger partial charge is 0.210 e. The fourth-order valence-electron chi connectivity index (χ4n) is 3.20. The van der Waals surface area contributed by atoms with Crippen LogP contribution in [0.3, 0.4) is 0 Å². The molecule has 0 fully saturated rings. The van der Waals surface area contributed by atoms with Crippen LogP contribution in [0.5, 0.6) is 5.75 Å². The first-order valence-electron chi connectivity index (χ1n) is 9.13. The highest BCUT2D eigenvalue weighted by atomic mass is 32.2. The molecule has 152 valence electrons. The second-order valence-corrected chi connectivity index (χ2v) is 7.47. The number of nitrogens with two attached hydrogens (primary N) is 1. The van der Waals surface area contributed by atoms with E-state index in [2.05, 4.69) is 15.2 Å². The van der Waals surface area contributed by atoms with Crippen LogP contribution in [0.25, 0.3) is 11.4 Å². The van der Waals surface area contributed by atoms with Gasteiger partial charge >= 0.3 is 0 Å². The Hall–Kier alpha value is -3.07. The standard InChI is InChI=1S/C20H23N5O3S/c1-5-28-15-8-6-14(7-9-15)19-23-24-20(25(19)21)29-10-16(27)18-11(2)17(13(4)26)12(3)22-18/h6-9,22H,5,10,21H2,1-4H3. The van der Waals surface area contributed by atoms with Crippen molar-refractivity contribution in [2.24, 2.45) is 0 Å². The molecule has 0 unspecified atom stereocenters. The maximum absolute atomic E-state index is 12.6. The molecule has 0 spiro atoms. The number of H-pyrrole nitrogens is 1. The molecule has 2 aromatic heterocycles. The predicted molar refractivity (Wildman–Crippen MR) is 112 cm³/mol. The third-order valence-corrected chi connectivity index (χ3v) is 5.43. The van der Waals surface area contributed by atoms with Gasteiger partial charge in [-0.25, -0.2) is 4.68 Å². The van der Waals surface area contributed by atoms with Gasteiger partial charge in [0.2, 0.25) is 5.16 Å². The summed E-state index contributed by atoms with van der Waals surface area (Å²) in [6, 6.07) is 7.39. The van der Waals surface area contributed by atoms with Gasteiger partial charge in [-0.15, -0.1) is 10.2 Å². The van der Waals surface area contributed by atoms with Crippen molar-refractivity contribution in [3.8, 4) is 17.1 Å². The quantitative estimate of drug-likeness (QED) is 0.331. The van der Waals surface area contributed by atoms with Gasteiger partial charge in [0.25, 0.3) is 0 Å². The zero-order valence-electron chi connectivity index (χ0n) is 16.8. The first kappa shape index (κ1) is 20.7. The van der Waals surface area contributed by atoms with Gasteiger partial charge < -0.3 is 15.6 Å². The molecule has 2 heterocycles. The zero-order valence-corrected chi connectivity index (χ0v) is 17.6. The summed E-state index contributed by atoms with van der Waals surface area (Å²) in [5, 5.41) is 8.65. The van der Waals surface area contributed by atoms with Crippen molar-refractivity contribution in [2.75, 3.05) is 18.2 Å². The van der Waals surface area contributed by atoms with E-state index in [0.717, 1.165) is 11.3 Å². The summed E-state index contributed by atoms with van der Waals surface area (Å²) in [4.78, 5) is 27.4. The molecule has 0 bridgehead atoms. The Morgan fingerprint density at radius 2 is 1.90 bits per heavy atom. The summed E-state index contributed by atoms with van der Waals surface area (Å²) in [6.45, 7) is 7.56. The predicted octanol–water partition coefficient (Wildman–Crippen LogP) is 3.18. The number of thioether (sulfide) groups is 1. The van der Waals surface area contributed by atoms with E-state index >= 15 is 0 Å². The molecule has 3 aromatic rings. The number of aromatic amines is 1. The van der Waals surface area contributed by atoms with Crippen LogP contribution in [-0.2, 0) is 0 Å². The number of rotatable bonds is 8. The van der Waals surface area contributed by atoms with E-state index < -0.39 is 0 Å². The largest absolute Gasteiger partial charge is 0.494 e. The van der Waals surface area contributed by atoms with E-state index in [9.17, 15) is 9.59 Å². The summed E-state index contributed by atoms with van der Waals surface area (Å²) in [5.41, 5.74) is 3.17. The SMILES string of the molecule is CCOc1ccc(-c2nnc(SCC(=O)c3[nH]c(C)c(C(C)=O)c3C)n2N)cc1. The number of aryl methyl sites for hydroxylation is 1. The van der Waals surface area contributed by atoms with E-state index in [-0.39, 0.29) is 17.3 Å². The third kappa shape index (κ3) is 4.19. The number of hydrogen-bond donors (Lipinski definition) is 2. The molecule has 0 aliphatic heterocycles. The fourth-order valence-corrected chi connectivity index (χ4v) is 3.93. The Bertz CT molecular complexity index is 1050. The van der Waals surface area contributed by atoms with Crippen LogP contribution in [0.4, 0.5) is 0 Å². The van der Waals surface area contributed by atoms with Gasteiger partial charge in [0.05, 0.1) is 18.1 Å². The lowest BCUT2D eigenvalue weighted by Gasteiger charge is -2.05. The molecule has 1 aromatic carbocycles. The number of nitrogens with one attached hydrogen (secondary N) is 1. The number of carbonyl (C=O) groups excluding carboxylic acids is 2. The van der Waals surface area contributed by atoms with E-state index in [4.69, 9.17) is 10.6 Å². The highest BCUT2D eigenvalue weighted by molar-refractivity contribution is 7.99. The summed E-state index contributed by atoms with van der Waals surface area (Å²) < 4.78 is 6.80. The van der Waals surface area contributed by atoms with Gasteiger partial charge in [-0.1, -0.05) is 11.8 Å². The van der Waals surface area contributed by atoms with E-state index in [0.29, 0.717) is 40.1 Å². The van der Waals surface area contributed by atoms with Crippen molar-refractivity contribution in [2.45, 2.75) is 32.9 Å². The maximum Gasteiger partial charge on any atom is 0.210 e. The molecule has 0 saturated carbocycles. The fraction of sp³-hybridized carbons (Fsp3) is 0.300. The topological polar surface area (TPSA) is 116 Å². The minimum Gasteiger partial charge on any atom is -0.494 e. The van der Waals surface area contributed by atoms with Crippen molar-refractivity contribution in [1.82, 2.24) is 19.9 Å². The van der Waals surface area contributed by atoms with Crippen LogP contribution in [0.15, 0.2) is 29.4 Å². The molecule has 3 N–H and O–H groups in total. The molecule has 3 rings (SSSR count). The average Bonchev–Trinajstić information content (AvgIpc) is 3.20. The number of carbonyl (C=O) groups is 2. The van der Waals surface area contributed by atoms with Crippen LogP contribution >= 0.6 is 11.8 Å². The van der Waals surface area contributed by atoms with Crippen LogP contribution in [-0.4, -0.2) is 43.8 Å². The van der Waals surface area contributed by atoms with Gasteiger partial charge in [-0.05, 0) is 57.5 Å². The van der Waals surface area contributed by atoms with Gasteiger partial charge in [-0.3, -0.25) is 9.59 Å². The molecule has 0 atom stereocenters. The lowest BCUT2D eigenvalue weighted by molar-refractivity contribution is 0.101. The van der Waals surface area contributed by atoms with E-state index in [1.807, 2.05) is 31.2 Å². The first-order valence-corrected chi connectivity index (χ1v) is 10.1. The second kappa shape index (κ2) is 8.52. The molecular weight excluding hydrogens is 390 g/mol. The highest BCUT2D eigenvalue weighted by Crippen LogP contribution is 2.25. The Kier molecular flexibility index (Phi) is 6.07. The van der Waals surface area contributed by atoms with E-state index in [1.54, 1.807) is 13.8 Å². The third-order valence-electron chi connectivity index (χ3n) is 4.49. The number of ether oxygens (including phenoxy) is 1. The van der Waals surface area contributed by atoms with Gasteiger partial charge in [0.15, 0.2) is 17.4 Å². The Morgan fingerprint density at radius 1 is 1.21 bits per heavy atom. The molecule has 29 heavy (non-hydrogen) atoms. The summed E-state index contributed by atoms with van der Waals surface area (Å²) in [7, 11) is 0.